The summed E-state index contributed by atoms with van der Waals surface area (Å²) in [6.07, 6.45) is 2.70. The summed E-state index contributed by atoms with van der Waals surface area (Å²) in [4.78, 5) is 0. The Labute approximate surface area is 38.7 Å². The Balaban J connectivity index is 2.01. The molecule has 0 radical (unpaired) electrons. The fourth-order valence-corrected chi connectivity index (χ4v) is 0.697. The molecule has 1 fully saturated rings. The van der Waals surface area contributed by atoms with Gasteiger partial charge in [-0.1, -0.05) is 6.92 Å². The predicted octanol–water partition coefficient (Wildman–Crippen LogP) is 0.758. The van der Waals surface area contributed by atoms with Crippen molar-refractivity contribution in [2.45, 2.75) is 25.8 Å². The van der Waals surface area contributed by atoms with Crippen LogP contribution >= 0.6 is 0 Å². The highest BCUT2D eigenvalue weighted by Crippen LogP contribution is 2.03. The van der Waals surface area contributed by atoms with E-state index in [9.17, 15) is 0 Å². The Morgan fingerprint density at radius 3 is 2.50 bits per heavy atom. The molecular weight excluding hydrogens is 74.1 g/mol. The van der Waals surface area contributed by atoms with Gasteiger partial charge < -0.3 is 5.32 Å². The van der Waals surface area contributed by atoms with Gasteiger partial charge >= 0.3 is 0 Å². The Kier molecular flexibility index (Phi) is 1.10. The zero-order valence-electron chi connectivity index (χ0n) is 4.20. The van der Waals surface area contributed by atoms with Crippen molar-refractivity contribution >= 4 is 0 Å². The number of nitrogens with one attached hydrogen (secondary N) is 1. The molecule has 0 bridgehead atoms. The molecule has 0 aliphatic carbocycles. The minimum Gasteiger partial charge on any atom is -0.314 e. The maximum absolute atomic E-state index is 3.30. The lowest BCUT2D eigenvalue weighted by Crippen LogP contribution is -2.41. The van der Waals surface area contributed by atoms with Crippen molar-refractivity contribution in [1.29, 1.82) is 0 Å². The van der Waals surface area contributed by atoms with Crippen LogP contribution in [0.5, 0.6) is 0 Å². The SMILES string of the molecule is CC[C@H]1CCN1. The first-order valence-electron chi connectivity index (χ1n) is 2.67. The first-order chi connectivity index (χ1) is 2.93. The summed E-state index contributed by atoms with van der Waals surface area (Å²) in [6.45, 7) is 3.47. The maximum atomic E-state index is 3.30. The van der Waals surface area contributed by atoms with Crippen molar-refractivity contribution in [3.8, 4) is 0 Å². The fraction of sp³-hybridized carbons (Fsp3) is 1.00. The first kappa shape index (κ1) is 4.13. The van der Waals surface area contributed by atoms with E-state index < -0.39 is 0 Å². The van der Waals surface area contributed by atoms with Gasteiger partial charge in [0.1, 0.15) is 0 Å². The van der Waals surface area contributed by atoms with Gasteiger partial charge in [-0.25, -0.2) is 0 Å². The largest absolute Gasteiger partial charge is 0.314 e. The highest BCUT2D eigenvalue weighted by Gasteiger charge is 2.11. The number of hydrogen-bond acceptors (Lipinski definition) is 1. The maximum Gasteiger partial charge on any atom is 0.00765 e. The third kappa shape index (κ3) is 0.548. The van der Waals surface area contributed by atoms with E-state index in [4.69, 9.17) is 0 Å². The minimum absolute atomic E-state index is 0.866. The first-order valence-corrected chi connectivity index (χ1v) is 2.67. The molecule has 1 N–H and O–H groups in total. The third-order valence-corrected chi connectivity index (χ3v) is 1.42. The molecular formula is C5H11N. The molecule has 1 nitrogen and oxygen atoms in total. The molecule has 1 heteroatoms. The molecule has 0 aromatic heterocycles. The van der Waals surface area contributed by atoms with Crippen LogP contribution in [0.1, 0.15) is 19.8 Å². The van der Waals surface area contributed by atoms with Gasteiger partial charge in [0.15, 0.2) is 0 Å². The van der Waals surface area contributed by atoms with Crippen LogP contribution in [0.3, 0.4) is 0 Å². The van der Waals surface area contributed by atoms with E-state index in [-0.39, 0.29) is 0 Å². The second kappa shape index (κ2) is 1.61. The van der Waals surface area contributed by atoms with Crippen molar-refractivity contribution in [1.82, 2.24) is 5.32 Å². The third-order valence-electron chi connectivity index (χ3n) is 1.42. The van der Waals surface area contributed by atoms with Crippen molar-refractivity contribution in [2.75, 3.05) is 6.54 Å². The molecule has 6 heavy (non-hydrogen) atoms. The van der Waals surface area contributed by atoms with Crippen LogP contribution < -0.4 is 5.32 Å². The lowest BCUT2D eigenvalue weighted by Gasteiger charge is -2.25. The van der Waals surface area contributed by atoms with Crippen LogP contribution in [0.15, 0.2) is 0 Å². The van der Waals surface area contributed by atoms with Crippen LogP contribution in [-0.4, -0.2) is 12.6 Å². The topological polar surface area (TPSA) is 12.0 Å². The molecule has 0 aromatic carbocycles. The van der Waals surface area contributed by atoms with Crippen LogP contribution in [0.4, 0.5) is 0 Å². The lowest BCUT2D eigenvalue weighted by molar-refractivity contribution is 0.362. The van der Waals surface area contributed by atoms with Gasteiger partial charge in [0.05, 0.1) is 0 Å². The summed E-state index contributed by atoms with van der Waals surface area (Å²) >= 11 is 0. The molecule has 1 saturated heterocycles. The van der Waals surface area contributed by atoms with E-state index in [1.54, 1.807) is 0 Å². The fourth-order valence-electron chi connectivity index (χ4n) is 0.697. The Morgan fingerprint density at radius 1 is 1.83 bits per heavy atom. The molecule has 0 amide bonds. The van der Waals surface area contributed by atoms with Gasteiger partial charge in [0.2, 0.25) is 0 Å². The van der Waals surface area contributed by atoms with Crippen molar-refractivity contribution in [3.63, 3.8) is 0 Å². The van der Waals surface area contributed by atoms with E-state index in [1.807, 2.05) is 0 Å². The summed E-state index contributed by atoms with van der Waals surface area (Å²) in [5, 5.41) is 3.30. The van der Waals surface area contributed by atoms with Gasteiger partial charge in [0, 0.05) is 6.04 Å². The normalized spacial score (nSPS) is 32.5. The molecule has 1 aliphatic heterocycles. The van der Waals surface area contributed by atoms with E-state index in [2.05, 4.69) is 12.2 Å². The summed E-state index contributed by atoms with van der Waals surface area (Å²) in [5.74, 6) is 0. The molecule has 1 rings (SSSR count). The zero-order chi connectivity index (χ0) is 4.41. The van der Waals surface area contributed by atoms with Gasteiger partial charge in [-0.05, 0) is 19.4 Å². The van der Waals surface area contributed by atoms with Crippen LogP contribution in [-0.2, 0) is 0 Å². The van der Waals surface area contributed by atoms with Crippen LogP contribution in [0.2, 0.25) is 0 Å². The van der Waals surface area contributed by atoms with Crippen LogP contribution in [0, 0.1) is 0 Å². The zero-order valence-corrected chi connectivity index (χ0v) is 4.20. The lowest BCUT2D eigenvalue weighted by atomic mass is 10.1. The quantitative estimate of drug-likeness (QED) is 0.495. The summed E-state index contributed by atoms with van der Waals surface area (Å²) in [7, 11) is 0. The highest BCUT2D eigenvalue weighted by molar-refractivity contribution is 4.74. The Bertz CT molecular complexity index is 36.4. The number of rotatable bonds is 1. The monoisotopic (exact) mass is 85.1 g/mol. The van der Waals surface area contributed by atoms with Gasteiger partial charge in [0.25, 0.3) is 0 Å². The summed E-state index contributed by atoms with van der Waals surface area (Å²) < 4.78 is 0. The molecule has 0 saturated carbocycles. The smallest absolute Gasteiger partial charge is 0.00765 e. The summed E-state index contributed by atoms with van der Waals surface area (Å²) in [6, 6.07) is 0.866. The minimum atomic E-state index is 0.866. The summed E-state index contributed by atoms with van der Waals surface area (Å²) in [5.41, 5.74) is 0. The molecule has 1 aliphatic rings. The molecule has 0 aromatic rings. The van der Waals surface area contributed by atoms with E-state index >= 15 is 0 Å². The second-order valence-corrected chi connectivity index (χ2v) is 1.85. The van der Waals surface area contributed by atoms with Crippen molar-refractivity contribution < 1.29 is 0 Å². The van der Waals surface area contributed by atoms with Gasteiger partial charge in [-0.2, -0.15) is 0 Å². The predicted molar refractivity (Wildman–Crippen MR) is 26.7 cm³/mol. The average molecular weight is 85.2 g/mol. The van der Waals surface area contributed by atoms with E-state index in [0.29, 0.717) is 0 Å². The van der Waals surface area contributed by atoms with Crippen molar-refractivity contribution in [2.24, 2.45) is 0 Å². The van der Waals surface area contributed by atoms with E-state index in [1.165, 1.54) is 19.4 Å². The second-order valence-electron chi connectivity index (χ2n) is 1.85. The Hall–Kier alpha value is -0.0400. The molecule has 1 atom stereocenters. The van der Waals surface area contributed by atoms with Crippen molar-refractivity contribution in [3.05, 3.63) is 0 Å². The standard InChI is InChI=1S/C5H11N/c1-2-5-3-4-6-5/h5-6H,2-4H2,1H3/t5-/m0/s1. The van der Waals surface area contributed by atoms with E-state index in [0.717, 1.165) is 6.04 Å². The van der Waals surface area contributed by atoms with Gasteiger partial charge in [-0.15, -0.1) is 0 Å². The molecule has 0 unspecified atom stereocenters. The Morgan fingerprint density at radius 2 is 2.50 bits per heavy atom. The highest BCUT2D eigenvalue weighted by atomic mass is 15.0. The van der Waals surface area contributed by atoms with Crippen LogP contribution in [0.25, 0.3) is 0 Å². The molecule has 1 heterocycles. The van der Waals surface area contributed by atoms with Gasteiger partial charge in [-0.3, -0.25) is 0 Å². The molecule has 36 valence electrons. The molecule has 0 spiro atoms. The number of hydrogen-bond donors (Lipinski definition) is 1. The average Bonchev–Trinajstić information content (AvgIpc) is 1.31.